The van der Waals surface area contributed by atoms with Crippen LogP contribution in [-0.2, 0) is 19.4 Å². The van der Waals surface area contributed by atoms with Crippen molar-refractivity contribution in [2.45, 2.75) is 24.5 Å². The van der Waals surface area contributed by atoms with Gasteiger partial charge >= 0.3 is 11.7 Å². The molecule has 0 heterocycles. The van der Waals surface area contributed by atoms with Crippen molar-refractivity contribution in [1.82, 2.24) is 0 Å². The first-order valence-corrected chi connectivity index (χ1v) is 10.3. The van der Waals surface area contributed by atoms with Crippen molar-refractivity contribution in [3.05, 3.63) is 48.5 Å². The standard InChI is InChI=1S/C19H21F2N3O4S/c1-3-24(12-13-28-14(2)25)17-8-4-15(5-9-17)22-23-16-6-10-18(11-7-16)29(26,27)19(20)21/h4-11,19H,3,12-13H2,1-2H3. The fourth-order valence-electron chi connectivity index (χ4n) is 2.42. The number of alkyl halides is 2. The SMILES string of the molecule is CCN(CCOC(C)=O)c1ccc(N=Nc2ccc(S(=O)(=O)C(F)F)cc2)cc1. The Morgan fingerprint density at radius 3 is 2.00 bits per heavy atom. The highest BCUT2D eigenvalue weighted by atomic mass is 32.2. The fraction of sp³-hybridized carbons (Fsp3) is 0.316. The summed E-state index contributed by atoms with van der Waals surface area (Å²) < 4.78 is 52.8. The third-order valence-electron chi connectivity index (χ3n) is 3.94. The molecular formula is C19H21F2N3O4S. The smallest absolute Gasteiger partial charge is 0.341 e. The largest absolute Gasteiger partial charge is 0.464 e. The minimum absolute atomic E-state index is 0.294. The minimum Gasteiger partial charge on any atom is -0.464 e. The molecule has 0 spiro atoms. The summed E-state index contributed by atoms with van der Waals surface area (Å²) in [6, 6.07) is 12.0. The number of ether oxygens (including phenoxy) is 1. The Hall–Kier alpha value is -2.88. The van der Waals surface area contributed by atoms with E-state index in [9.17, 15) is 22.0 Å². The maximum atomic E-state index is 12.5. The van der Waals surface area contributed by atoms with Gasteiger partial charge in [0, 0.05) is 19.2 Å². The van der Waals surface area contributed by atoms with Crippen LogP contribution in [0, 0.1) is 0 Å². The number of hydrogen-bond acceptors (Lipinski definition) is 7. The van der Waals surface area contributed by atoms with E-state index in [-0.39, 0.29) is 5.97 Å². The Morgan fingerprint density at radius 2 is 1.55 bits per heavy atom. The monoisotopic (exact) mass is 425 g/mol. The maximum Gasteiger partial charge on any atom is 0.341 e. The van der Waals surface area contributed by atoms with Crippen LogP contribution in [0.4, 0.5) is 25.8 Å². The van der Waals surface area contributed by atoms with E-state index in [1.54, 1.807) is 12.1 Å². The lowest BCUT2D eigenvalue weighted by Gasteiger charge is -2.22. The second-order valence-corrected chi connectivity index (χ2v) is 7.85. The normalized spacial score (nSPS) is 11.8. The third-order valence-corrected chi connectivity index (χ3v) is 5.34. The molecule has 10 heteroatoms. The zero-order chi connectivity index (χ0) is 21.4. The van der Waals surface area contributed by atoms with Crippen molar-refractivity contribution >= 4 is 32.9 Å². The molecule has 0 saturated heterocycles. The van der Waals surface area contributed by atoms with Gasteiger partial charge in [-0.05, 0) is 55.5 Å². The zero-order valence-corrected chi connectivity index (χ0v) is 16.8. The number of hydrogen-bond donors (Lipinski definition) is 0. The van der Waals surface area contributed by atoms with Gasteiger partial charge in [0.25, 0.3) is 0 Å². The topological polar surface area (TPSA) is 88.4 Å². The number of sulfone groups is 1. The molecule has 0 aliphatic heterocycles. The summed E-state index contributed by atoms with van der Waals surface area (Å²) in [4.78, 5) is 12.4. The van der Waals surface area contributed by atoms with E-state index in [1.165, 1.54) is 19.1 Å². The zero-order valence-electron chi connectivity index (χ0n) is 16.0. The Labute approximate surface area is 167 Å². The summed E-state index contributed by atoms with van der Waals surface area (Å²) in [5, 5.41) is 8.03. The minimum atomic E-state index is -4.63. The molecule has 0 radical (unpaired) electrons. The Morgan fingerprint density at radius 1 is 1.03 bits per heavy atom. The molecular weight excluding hydrogens is 404 g/mol. The molecule has 0 aliphatic rings. The molecule has 2 rings (SSSR count). The summed E-state index contributed by atoms with van der Waals surface area (Å²) in [5.41, 5.74) is 1.83. The van der Waals surface area contributed by atoms with Crippen LogP contribution in [0.2, 0.25) is 0 Å². The fourth-order valence-corrected chi connectivity index (χ4v) is 3.14. The molecule has 2 aromatic rings. The molecule has 0 bridgehead atoms. The molecule has 156 valence electrons. The van der Waals surface area contributed by atoms with Crippen molar-refractivity contribution in [3.8, 4) is 0 Å². The molecule has 0 fully saturated rings. The van der Waals surface area contributed by atoms with Crippen LogP contribution in [0.25, 0.3) is 0 Å². The quantitative estimate of drug-likeness (QED) is 0.436. The Kier molecular flexibility index (Phi) is 7.77. The average molecular weight is 425 g/mol. The summed E-state index contributed by atoms with van der Waals surface area (Å²) in [6.45, 7) is 4.93. The summed E-state index contributed by atoms with van der Waals surface area (Å²) in [6.07, 6.45) is 0. The predicted molar refractivity (Wildman–Crippen MR) is 105 cm³/mol. The number of rotatable bonds is 9. The first-order chi connectivity index (χ1) is 13.7. The number of anilines is 1. The van der Waals surface area contributed by atoms with Crippen LogP contribution in [-0.4, -0.2) is 39.8 Å². The molecule has 0 aromatic heterocycles. The number of halogens is 2. The summed E-state index contributed by atoms with van der Waals surface area (Å²) in [7, 11) is -4.63. The lowest BCUT2D eigenvalue weighted by atomic mass is 10.2. The van der Waals surface area contributed by atoms with Crippen LogP contribution in [0.5, 0.6) is 0 Å². The van der Waals surface area contributed by atoms with Crippen LogP contribution < -0.4 is 4.90 Å². The van der Waals surface area contributed by atoms with Gasteiger partial charge in [0.15, 0.2) is 0 Å². The maximum absolute atomic E-state index is 12.5. The number of nitrogens with zero attached hydrogens (tertiary/aromatic N) is 3. The molecule has 2 aromatic carbocycles. The number of azo groups is 1. The van der Waals surface area contributed by atoms with E-state index < -0.39 is 20.5 Å². The van der Waals surface area contributed by atoms with Crippen molar-refractivity contribution < 1.29 is 26.7 Å². The van der Waals surface area contributed by atoms with E-state index in [1.807, 2.05) is 24.0 Å². The highest BCUT2D eigenvalue weighted by Gasteiger charge is 2.26. The second kappa shape index (κ2) is 10.1. The molecule has 0 aliphatic carbocycles. The van der Waals surface area contributed by atoms with Crippen molar-refractivity contribution in [3.63, 3.8) is 0 Å². The van der Waals surface area contributed by atoms with E-state index in [0.29, 0.717) is 24.5 Å². The summed E-state index contributed by atoms with van der Waals surface area (Å²) in [5.74, 6) is -3.79. The lowest BCUT2D eigenvalue weighted by molar-refractivity contribution is -0.140. The number of likely N-dealkylation sites (N-methyl/N-ethyl adjacent to an activating group) is 1. The van der Waals surface area contributed by atoms with Gasteiger partial charge in [-0.2, -0.15) is 19.0 Å². The lowest BCUT2D eigenvalue weighted by Crippen LogP contribution is -2.27. The molecule has 0 N–H and O–H groups in total. The number of carbonyl (C=O) groups is 1. The van der Waals surface area contributed by atoms with E-state index in [0.717, 1.165) is 24.4 Å². The van der Waals surface area contributed by atoms with E-state index >= 15 is 0 Å². The van der Waals surface area contributed by atoms with Crippen LogP contribution in [0.1, 0.15) is 13.8 Å². The van der Waals surface area contributed by atoms with Gasteiger partial charge in [-0.15, -0.1) is 0 Å². The molecule has 0 saturated carbocycles. The van der Waals surface area contributed by atoms with Gasteiger partial charge in [-0.25, -0.2) is 8.42 Å². The summed E-state index contributed by atoms with van der Waals surface area (Å²) >= 11 is 0. The van der Waals surface area contributed by atoms with Crippen LogP contribution in [0.3, 0.4) is 0 Å². The first kappa shape index (κ1) is 22.4. The Balaban J connectivity index is 2.03. The van der Waals surface area contributed by atoms with E-state index in [4.69, 9.17) is 4.74 Å². The average Bonchev–Trinajstić information content (AvgIpc) is 2.70. The van der Waals surface area contributed by atoms with Crippen LogP contribution in [0.15, 0.2) is 63.7 Å². The van der Waals surface area contributed by atoms with Crippen molar-refractivity contribution in [2.24, 2.45) is 10.2 Å². The first-order valence-electron chi connectivity index (χ1n) is 8.76. The van der Waals surface area contributed by atoms with Crippen molar-refractivity contribution in [1.29, 1.82) is 0 Å². The van der Waals surface area contributed by atoms with Gasteiger partial charge in [0.2, 0.25) is 9.84 Å². The molecule has 7 nitrogen and oxygen atoms in total. The molecule has 0 unspecified atom stereocenters. The number of esters is 1. The van der Waals surface area contributed by atoms with Gasteiger partial charge < -0.3 is 9.64 Å². The predicted octanol–water partition coefficient (Wildman–Crippen LogP) is 4.49. The number of carbonyl (C=O) groups excluding carboxylic acids is 1. The second-order valence-electron chi connectivity index (χ2n) is 5.94. The molecule has 0 atom stereocenters. The Bertz CT molecular complexity index is 946. The highest BCUT2D eigenvalue weighted by Crippen LogP contribution is 2.24. The van der Waals surface area contributed by atoms with Gasteiger partial charge in [0.1, 0.15) is 6.61 Å². The molecule has 29 heavy (non-hydrogen) atoms. The highest BCUT2D eigenvalue weighted by molar-refractivity contribution is 7.91. The van der Waals surface area contributed by atoms with Gasteiger partial charge in [0.05, 0.1) is 22.8 Å². The molecule has 0 amide bonds. The third kappa shape index (κ3) is 6.31. The van der Waals surface area contributed by atoms with Gasteiger partial charge in [-0.3, -0.25) is 4.79 Å². The van der Waals surface area contributed by atoms with Crippen LogP contribution >= 0.6 is 0 Å². The van der Waals surface area contributed by atoms with Crippen molar-refractivity contribution in [2.75, 3.05) is 24.6 Å². The van der Waals surface area contributed by atoms with E-state index in [2.05, 4.69) is 10.2 Å². The van der Waals surface area contributed by atoms with Gasteiger partial charge in [-0.1, -0.05) is 0 Å². The number of benzene rings is 2.